The van der Waals surface area contributed by atoms with Gasteiger partial charge in [-0.2, -0.15) is 0 Å². The third-order valence-corrected chi connectivity index (χ3v) is 0.833. The maximum absolute atomic E-state index is 12.0. The van der Waals surface area contributed by atoms with Crippen molar-refractivity contribution in [3.63, 3.8) is 0 Å². The molecular weight excluding hydrogens is 111 g/mol. The molecule has 0 aliphatic carbocycles. The molecule has 0 bridgehead atoms. The third kappa shape index (κ3) is 4.02. The van der Waals surface area contributed by atoms with Gasteiger partial charge in [-0.1, -0.05) is 0 Å². The van der Waals surface area contributed by atoms with Gasteiger partial charge in [0, 0.05) is 20.1 Å². The fraction of sp³-hybridized carbons (Fsp3) is 1.00. The van der Waals surface area contributed by atoms with Crippen LogP contribution in [0.2, 0.25) is 0 Å². The smallest absolute Gasteiger partial charge is 0.125 e. The van der Waals surface area contributed by atoms with Gasteiger partial charge in [-0.25, -0.2) is 4.39 Å². The van der Waals surface area contributed by atoms with E-state index in [-0.39, 0.29) is 6.42 Å². The number of rotatable bonds is 4. The van der Waals surface area contributed by atoms with Gasteiger partial charge < -0.3 is 9.84 Å². The first-order chi connectivity index (χ1) is 3.81. The van der Waals surface area contributed by atoms with Gasteiger partial charge in [0.2, 0.25) is 0 Å². The summed E-state index contributed by atoms with van der Waals surface area (Å²) in [6.07, 6.45) is -0.831. The Bertz CT molecular complexity index is 49.7. The molecule has 0 spiro atoms. The molecule has 0 unspecified atom stereocenters. The maximum atomic E-state index is 12.0. The van der Waals surface area contributed by atoms with Crippen molar-refractivity contribution in [3.05, 3.63) is 0 Å². The Morgan fingerprint density at radius 1 is 1.75 bits per heavy atom. The summed E-state index contributed by atoms with van der Waals surface area (Å²) in [6.45, 7) is -0.0227. The highest BCUT2D eigenvalue weighted by Crippen LogP contribution is 1.94. The van der Waals surface area contributed by atoms with E-state index in [1.165, 1.54) is 7.11 Å². The number of aliphatic hydroxyl groups excluding tert-OH is 1. The molecule has 0 rings (SSSR count). The predicted molar refractivity (Wildman–Crippen MR) is 28.5 cm³/mol. The minimum Gasteiger partial charge on any atom is -0.393 e. The first kappa shape index (κ1) is 7.85. The molecule has 1 atom stereocenters. The number of ether oxygens (including phenoxy) is 1. The Balaban J connectivity index is 2.86. The Morgan fingerprint density at radius 2 is 2.38 bits per heavy atom. The second kappa shape index (κ2) is 5.00. The van der Waals surface area contributed by atoms with E-state index in [2.05, 4.69) is 4.74 Å². The van der Waals surface area contributed by atoms with E-state index in [0.717, 1.165) is 0 Å². The van der Waals surface area contributed by atoms with Crippen molar-refractivity contribution in [2.45, 2.75) is 12.6 Å². The molecule has 1 N–H and O–H groups in total. The van der Waals surface area contributed by atoms with Crippen LogP contribution in [0.25, 0.3) is 0 Å². The van der Waals surface area contributed by atoms with Gasteiger partial charge in [0.05, 0.1) is 6.61 Å². The molecule has 8 heavy (non-hydrogen) atoms. The number of hydrogen-bond acceptors (Lipinski definition) is 2. The van der Waals surface area contributed by atoms with E-state index < -0.39 is 12.8 Å². The van der Waals surface area contributed by atoms with Crippen molar-refractivity contribution in [1.29, 1.82) is 0 Å². The van der Waals surface area contributed by atoms with Crippen molar-refractivity contribution in [2.24, 2.45) is 0 Å². The first-order valence-corrected chi connectivity index (χ1v) is 2.55. The highest BCUT2D eigenvalue weighted by atomic mass is 19.1. The molecule has 0 aliphatic heterocycles. The quantitative estimate of drug-likeness (QED) is 0.583. The average Bonchev–Trinajstić information content (AvgIpc) is 1.83. The van der Waals surface area contributed by atoms with Crippen molar-refractivity contribution >= 4 is 0 Å². The lowest BCUT2D eigenvalue weighted by Crippen LogP contribution is -2.08. The molecule has 2 nitrogen and oxygen atoms in total. The first-order valence-electron chi connectivity index (χ1n) is 2.55. The van der Waals surface area contributed by atoms with Gasteiger partial charge >= 0.3 is 0 Å². The molecule has 0 heterocycles. The Kier molecular flexibility index (Phi) is 4.90. The Morgan fingerprint density at radius 3 is 2.75 bits per heavy atom. The number of alkyl halides is 1. The summed E-state index contributed by atoms with van der Waals surface area (Å²) in [7, 11) is 1.50. The SMILES string of the molecule is COCC[C@H](F)CO. The summed E-state index contributed by atoms with van der Waals surface area (Å²) in [5.74, 6) is 0. The zero-order chi connectivity index (χ0) is 6.41. The molecule has 0 radical (unpaired) electrons. The van der Waals surface area contributed by atoms with E-state index in [1.807, 2.05) is 0 Å². The standard InChI is InChI=1S/C5H11FO2/c1-8-3-2-5(6)4-7/h5,7H,2-4H2,1H3/t5-/m0/s1. The van der Waals surface area contributed by atoms with Crippen molar-refractivity contribution in [3.8, 4) is 0 Å². The highest BCUT2D eigenvalue weighted by Gasteiger charge is 2.01. The third-order valence-electron chi connectivity index (χ3n) is 0.833. The molecule has 0 aromatic carbocycles. The van der Waals surface area contributed by atoms with Crippen LogP contribution in [0.15, 0.2) is 0 Å². The van der Waals surface area contributed by atoms with Crippen LogP contribution in [0.3, 0.4) is 0 Å². The molecule has 0 saturated heterocycles. The Labute approximate surface area is 48.3 Å². The van der Waals surface area contributed by atoms with E-state index in [0.29, 0.717) is 6.61 Å². The Hall–Kier alpha value is -0.150. The van der Waals surface area contributed by atoms with Crippen LogP contribution in [-0.2, 0) is 4.74 Å². The molecular formula is C5H11FO2. The molecule has 0 aliphatic rings. The molecule has 3 heteroatoms. The van der Waals surface area contributed by atoms with E-state index in [4.69, 9.17) is 5.11 Å². The van der Waals surface area contributed by atoms with Gasteiger partial charge in [0.15, 0.2) is 0 Å². The van der Waals surface area contributed by atoms with E-state index in [1.54, 1.807) is 0 Å². The summed E-state index contributed by atoms with van der Waals surface area (Å²) in [5, 5.41) is 8.13. The number of hydrogen-bond donors (Lipinski definition) is 1. The van der Waals surface area contributed by atoms with E-state index >= 15 is 0 Å². The van der Waals surface area contributed by atoms with Gasteiger partial charge in [-0.3, -0.25) is 0 Å². The summed E-state index contributed by atoms with van der Waals surface area (Å²) in [5.41, 5.74) is 0. The summed E-state index contributed by atoms with van der Waals surface area (Å²) in [4.78, 5) is 0. The molecule has 0 aromatic heterocycles. The number of methoxy groups -OCH3 is 1. The zero-order valence-corrected chi connectivity index (χ0v) is 4.93. The molecule has 0 saturated carbocycles. The number of halogens is 1. The molecule has 50 valence electrons. The monoisotopic (exact) mass is 122 g/mol. The fourth-order valence-electron chi connectivity index (χ4n) is 0.337. The molecule has 0 fully saturated rings. The van der Waals surface area contributed by atoms with Gasteiger partial charge in [0.25, 0.3) is 0 Å². The zero-order valence-electron chi connectivity index (χ0n) is 4.93. The normalized spacial score (nSPS) is 13.9. The molecule has 0 aromatic rings. The summed E-state index contributed by atoms with van der Waals surface area (Å²) in [6, 6.07) is 0. The van der Waals surface area contributed by atoms with Crippen molar-refractivity contribution in [1.82, 2.24) is 0 Å². The highest BCUT2D eigenvalue weighted by molar-refractivity contribution is 4.50. The van der Waals surface area contributed by atoms with Crippen molar-refractivity contribution in [2.75, 3.05) is 20.3 Å². The number of aliphatic hydroxyl groups is 1. The second-order valence-electron chi connectivity index (χ2n) is 1.56. The fourth-order valence-corrected chi connectivity index (χ4v) is 0.337. The van der Waals surface area contributed by atoms with Crippen LogP contribution in [-0.4, -0.2) is 31.6 Å². The van der Waals surface area contributed by atoms with Gasteiger partial charge in [-0.15, -0.1) is 0 Å². The topological polar surface area (TPSA) is 29.5 Å². The van der Waals surface area contributed by atoms with Crippen LogP contribution in [0, 0.1) is 0 Å². The van der Waals surface area contributed by atoms with Gasteiger partial charge in [-0.05, 0) is 0 Å². The predicted octanol–water partition coefficient (Wildman–Crippen LogP) is 0.353. The van der Waals surface area contributed by atoms with Crippen LogP contribution in [0.5, 0.6) is 0 Å². The van der Waals surface area contributed by atoms with Gasteiger partial charge in [0.1, 0.15) is 6.17 Å². The van der Waals surface area contributed by atoms with E-state index in [9.17, 15) is 4.39 Å². The second-order valence-corrected chi connectivity index (χ2v) is 1.56. The lowest BCUT2D eigenvalue weighted by atomic mass is 10.3. The van der Waals surface area contributed by atoms with Crippen LogP contribution in [0.1, 0.15) is 6.42 Å². The minimum atomic E-state index is -1.12. The van der Waals surface area contributed by atoms with Crippen LogP contribution < -0.4 is 0 Å². The summed E-state index contributed by atoms with van der Waals surface area (Å²) >= 11 is 0. The van der Waals surface area contributed by atoms with Crippen molar-refractivity contribution < 1.29 is 14.2 Å². The lowest BCUT2D eigenvalue weighted by Gasteiger charge is -2.00. The van der Waals surface area contributed by atoms with Crippen LogP contribution in [0.4, 0.5) is 4.39 Å². The maximum Gasteiger partial charge on any atom is 0.125 e. The molecule has 0 amide bonds. The average molecular weight is 122 g/mol. The minimum absolute atomic E-state index is 0.285. The van der Waals surface area contributed by atoms with Crippen LogP contribution >= 0.6 is 0 Å². The largest absolute Gasteiger partial charge is 0.393 e. The summed E-state index contributed by atoms with van der Waals surface area (Å²) < 4.78 is 16.6. The lowest BCUT2D eigenvalue weighted by molar-refractivity contribution is 0.121.